The predicted octanol–water partition coefficient (Wildman–Crippen LogP) is 3.21. The Morgan fingerprint density at radius 1 is 1.55 bits per heavy atom. The molecule has 0 bridgehead atoms. The van der Waals surface area contributed by atoms with Crippen molar-refractivity contribution in [3.8, 4) is 0 Å². The summed E-state index contributed by atoms with van der Waals surface area (Å²) in [5, 5.41) is -0.224. The second-order valence-electron chi connectivity index (χ2n) is 3.88. The maximum absolute atomic E-state index is 10.9. The normalized spacial score (nSPS) is 14.6. The van der Waals surface area contributed by atoms with Gasteiger partial charge in [-0.05, 0) is 23.9 Å². The molecular formula is C9H17ClO. The molecule has 0 aromatic heterocycles. The lowest BCUT2D eigenvalue weighted by Crippen LogP contribution is -2.22. The van der Waals surface area contributed by atoms with Crippen molar-refractivity contribution in [1.29, 1.82) is 0 Å². The van der Waals surface area contributed by atoms with Crippen molar-refractivity contribution in [2.75, 3.05) is 0 Å². The molecule has 0 aliphatic rings. The zero-order chi connectivity index (χ0) is 9.07. The molecule has 1 unspecified atom stereocenters. The van der Waals surface area contributed by atoms with Gasteiger partial charge < -0.3 is 0 Å². The molecule has 0 aliphatic carbocycles. The predicted molar refractivity (Wildman–Crippen MR) is 48.7 cm³/mol. The third-order valence-electron chi connectivity index (χ3n) is 2.09. The minimum absolute atomic E-state index is 0.224. The second-order valence-corrected chi connectivity index (χ2v) is 4.22. The third-order valence-corrected chi connectivity index (χ3v) is 2.60. The summed E-state index contributed by atoms with van der Waals surface area (Å²) in [7, 11) is 0. The molecule has 0 aliphatic heterocycles. The molecule has 66 valence electrons. The topological polar surface area (TPSA) is 17.1 Å². The highest BCUT2D eigenvalue weighted by atomic mass is 35.5. The van der Waals surface area contributed by atoms with Gasteiger partial charge in [0.15, 0.2) is 0 Å². The maximum Gasteiger partial charge on any atom is 0.227 e. The van der Waals surface area contributed by atoms with Gasteiger partial charge in [-0.3, -0.25) is 4.79 Å². The van der Waals surface area contributed by atoms with Crippen LogP contribution in [0.15, 0.2) is 0 Å². The number of hydrogen-bond acceptors (Lipinski definition) is 1. The molecule has 11 heavy (non-hydrogen) atoms. The first-order valence-electron chi connectivity index (χ1n) is 4.10. The second kappa shape index (κ2) is 4.10. The van der Waals surface area contributed by atoms with Gasteiger partial charge in [-0.1, -0.05) is 34.1 Å². The first kappa shape index (κ1) is 11.0. The quantitative estimate of drug-likeness (QED) is 0.602. The van der Waals surface area contributed by atoms with E-state index >= 15 is 0 Å². The van der Waals surface area contributed by atoms with Gasteiger partial charge in [-0.2, -0.15) is 0 Å². The summed E-state index contributed by atoms with van der Waals surface area (Å²) in [5.74, 6) is 0.577. The van der Waals surface area contributed by atoms with Crippen molar-refractivity contribution in [2.45, 2.75) is 40.5 Å². The van der Waals surface area contributed by atoms with Crippen LogP contribution in [0.5, 0.6) is 0 Å². The summed E-state index contributed by atoms with van der Waals surface area (Å²) < 4.78 is 0. The van der Waals surface area contributed by atoms with Gasteiger partial charge in [-0.25, -0.2) is 0 Å². The van der Waals surface area contributed by atoms with E-state index in [0.717, 1.165) is 12.8 Å². The van der Waals surface area contributed by atoms with Crippen LogP contribution in [-0.4, -0.2) is 5.24 Å². The molecule has 1 atom stereocenters. The van der Waals surface area contributed by atoms with Crippen LogP contribution in [0, 0.1) is 11.3 Å². The molecule has 0 heterocycles. The Kier molecular flexibility index (Phi) is 4.09. The summed E-state index contributed by atoms with van der Waals surface area (Å²) >= 11 is 5.43. The fraction of sp³-hybridized carbons (Fsp3) is 0.889. The van der Waals surface area contributed by atoms with Crippen LogP contribution in [-0.2, 0) is 4.79 Å². The molecule has 0 aromatic rings. The first-order valence-corrected chi connectivity index (χ1v) is 4.48. The summed E-state index contributed by atoms with van der Waals surface area (Å²) in [6.07, 6.45) is 1.99. The Labute approximate surface area is 74.1 Å². The van der Waals surface area contributed by atoms with Crippen LogP contribution in [0.25, 0.3) is 0 Å². The molecule has 0 aromatic carbocycles. The van der Waals surface area contributed by atoms with Crippen molar-refractivity contribution >= 4 is 16.8 Å². The molecule has 1 nitrogen and oxygen atoms in total. The number of halogens is 1. The lowest BCUT2D eigenvalue weighted by molar-refractivity contribution is -0.119. The summed E-state index contributed by atoms with van der Waals surface area (Å²) in [5.41, 5.74) is -0.350. The van der Waals surface area contributed by atoms with Gasteiger partial charge in [0.1, 0.15) is 0 Å². The van der Waals surface area contributed by atoms with Crippen LogP contribution in [0.1, 0.15) is 40.5 Å². The van der Waals surface area contributed by atoms with Crippen molar-refractivity contribution < 1.29 is 4.79 Å². The standard InChI is InChI=1S/C9H17ClO/c1-5-7(2)6-9(3,4)8(10)11/h7H,5-6H2,1-4H3. The minimum Gasteiger partial charge on any atom is -0.281 e. The number of carbonyl (C=O) groups is 1. The van der Waals surface area contributed by atoms with Crippen molar-refractivity contribution in [3.63, 3.8) is 0 Å². The van der Waals surface area contributed by atoms with E-state index in [4.69, 9.17) is 11.6 Å². The third kappa shape index (κ3) is 3.76. The van der Waals surface area contributed by atoms with E-state index in [1.807, 2.05) is 13.8 Å². The van der Waals surface area contributed by atoms with Gasteiger partial charge in [0.05, 0.1) is 0 Å². The Bertz CT molecular complexity index is 140. The van der Waals surface area contributed by atoms with E-state index in [0.29, 0.717) is 5.92 Å². The molecule has 0 saturated heterocycles. The van der Waals surface area contributed by atoms with Crippen LogP contribution >= 0.6 is 11.6 Å². The van der Waals surface area contributed by atoms with Crippen molar-refractivity contribution in [3.05, 3.63) is 0 Å². The summed E-state index contributed by atoms with van der Waals surface area (Å²) in [6.45, 7) is 8.06. The van der Waals surface area contributed by atoms with Crippen LogP contribution in [0.3, 0.4) is 0 Å². The van der Waals surface area contributed by atoms with Gasteiger partial charge in [-0.15, -0.1) is 0 Å². The lowest BCUT2D eigenvalue weighted by atomic mass is 9.84. The number of carbonyl (C=O) groups excluding carboxylic acids is 1. The van der Waals surface area contributed by atoms with E-state index in [1.165, 1.54) is 0 Å². The van der Waals surface area contributed by atoms with E-state index in [9.17, 15) is 4.79 Å². The van der Waals surface area contributed by atoms with E-state index in [2.05, 4.69) is 13.8 Å². The number of hydrogen-bond donors (Lipinski definition) is 0. The fourth-order valence-electron chi connectivity index (χ4n) is 1.10. The molecule has 2 heteroatoms. The van der Waals surface area contributed by atoms with E-state index in [-0.39, 0.29) is 10.7 Å². The van der Waals surface area contributed by atoms with Crippen LogP contribution < -0.4 is 0 Å². The summed E-state index contributed by atoms with van der Waals surface area (Å²) in [6, 6.07) is 0. The molecule has 0 fully saturated rings. The Balaban J connectivity index is 4.01. The average Bonchev–Trinajstić information content (AvgIpc) is 1.86. The Morgan fingerprint density at radius 3 is 2.27 bits per heavy atom. The Morgan fingerprint density at radius 2 is 2.00 bits per heavy atom. The van der Waals surface area contributed by atoms with Crippen molar-refractivity contribution in [2.24, 2.45) is 11.3 Å². The Hall–Kier alpha value is -0.0400. The molecule has 0 N–H and O–H groups in total. The monoisotopic (exact) mass is 176 g/mol. The molecule has 0 spiro atoms. The van der Waals surface area contributed by atoms with Crippen LogP contribution in [0.4, 0.5) is 0 Å². The molecule has 0 rings (SSSR count). The smallest absolute Gasteiger partial charge is 0.227 e. The highest BCUT2D eigenvalue weighted by molar-refractivity contribution is 6.64. The highest BCUT2D eigenvalue weighted by Gasteiger charge is 2.27. The van der Waals surface area contributed by atoms with Gasteiger partial charge in [0.2, 0.25) is 5.24 Å². The van der Waals surface area contributed by atoms with Crippen LogP contribution in [0.2, 0.25) is 0 Å². The SMILES string of the molecule is CCC(C)CC(C)(C)C(=O)Cl. The molecule has 0 amide bonds. The van der Waals surface area contributed by atoms with E-state index in [1.54, 1.807) is 0 Å². The lowest BCUT2D eigenvalue weighted by Gasteiger charge is -2.22. The molecular weight excluding hydrogens is 160 g/mol. The maximum atomic E-state index is 10.9. The van der Waals surface area contributed by atoms with E-state index < -0.39 is 0 Å². The minimum atomic E-state index is -0.350. The largest absolute Gasteiger partial charge is 0.281 e. The fourth-order valence-corrected chi connectivity index (χ4v) is 1.17. The van der Waals surface area contributed by atoms with Crippen molar-refractivity contribution in [1.82, 2.24) is 0 Å². The van der Waals surface area contributed by atoms with Gasteiger partial charge in [0, 0.05) is 5.41 Å². The highest BCUT2D eigenvalue weighted by Crippen LogP contribution is 2.29. The first-order chi connectivity index (χ1) is 4.90. The van der Waals surface area contributed by atoms with Gasteiger partial charge >= 0.3 is 0 Å². The number of rotatable bonds is 4. The zero-order valence-electron chi connectivity index (χ0n) is 7.78. The molecule has 0 saturated carbocycles. The molecule has 0 radical (unpaired) electrons. The zero-order valence-corrected chi connectivity index (χ0v) is 8.53. The van der Waals surface area contributed by atoms with Gasteiger partial charge in [0.25, 0.3) is 0 Å². The summed E-state index contributed by atoms with van der Waals surface area (Å²) in [4.78, 5) is 10.9. The average molecular weight is 177 g/mol.